The summed E-state index contributed by atoms with van der Waals surface area (Å²) in [6.45, 7) is 11.9. The quantitative estimate of drug-likeness (QED) is 0.797. The second kappa shape index (κ2) is 8.14. The minimum Gasteiger partial charge on any atom is -0.350 e. The summed E-state index contributed by atoms with van der Waals surface area (Å²) in [6, 6.07) is -0.0219. The monoisotopic (exact) mass is 285 g/mol. The Labute approximate surface area is 117 Å². The Morgan fingerprint density at radius 3 is 2.12 bits per heavy atom. The van der Waals surface area contributed by atoms with Crippen molar-refractivity contribution >= 4 is 30.7 Å². The second-order valence-corrected chi connectivity index (χ2v) is 5.20. The van der Waals surface area contributed by atoms with Crippen LogP contribution in [-0.4, -0.2) is 48.6 Å². The highest BCUT2D eigenvalue weighted by atomic mass is 35.5. The largest absolute Gasteiger partial charge is 0.350 e. The van der Waals surface area contributed by atoms with Crippen LogP contribution in [0.5, 0.6) is 0 Å². The number of rotatable bonds is 2. The summed E-state index contributed by atoms with van der Waals surface area (Å²) in [6.07, 6.45) is 0. The predicted octanol–water partition coefficient (Wildman–Crippen LogP) is 1.04. The lowest BCUT2D eigenvalue weighted by Crippen LogP contribution is -2.55. The summed E-state index contributed by atoms with van der Waals surface area (Å²) in [5, 5.41) is 6.30. The fraction of sp³-hybridized carbons (Fsp3) is 0.909. The molecular formula is C11H25Cl2N3O. The Hall–Kier alpha value is -0.0300. The first-order valence-corrected chi connectivity index (χ1v) is 5.67. The lowest BCUT2D eigenvalue weighted by molar-refractivity contribution is -0.127. The van der Waals surface area contributed by atoms with Gasteiger partial charge in [0.25, 0.3) is 0 Å². The van der Waals surface area contributed by atoms with E-state index in [-0.39, 0.29) is 42.3 Å². The fourth-order valence-corrected chi connectivity index (χ4v) is 1.71. The molecule has 1 amide bonds. The number of halogens is 2. The molecule has 0 aromatic rings. The summed E-state index contributed by atoms with van der Waals surface area (Å²) in [7, 11) is 0. The SMILES string of the molecule is CC(C(=O)NC(C)(C)C)N1CCNCC1.Cl.Cl. The van der Waals surface area contributed by atoms with Crippen molar-refractivity contribution in [3.63, 3.8) is 0 Å². The van der Waals surface area contributed by atoms with Crippen molar-refractivity contribution in [2.45, 2.75) is 39.3 Å². The summed E-state index contributed by atoms with van der Waals surface area (Å²) in [5.74, 6) is 0.129. The van der Waals surface area contributed by atoms with Crippen LogP contribution in [0.4, 0.5) is 0 Å². The number of nitrogens with one attached hydrogen (secondary N) is 2. The van der Waals surface area contributed by atoms with E-state index in [0.717, 1.165) is 26.2 Å². The van der Waals surface area contributed by atoms with E-state index in [1.165, 1.54) is 0 Å². The van der Waals surface area contributed by atoms with Crippen LogP contribution in [0.25, 0.3) is 0 Å². The highest BCUT2D eigenvalue weighted by molar-refractivity contribution is 5.85. The van der Waals surface area contributed by atoms with Crippen LogP contribution in [0, 0.1) is 0 Å². The maximum atomic E-state index is 11.9. The average molecular weight is 286 g/mol. The molecule has 1 fully saturated rings. The van der Waals surface area contributed by atoms with Gasteiger partial charge in [-0.15, -0.1) is 24.8 Å². The number of nitrogens with zero attached hydrogens (tertiary/aromatic N) is 1. The molecule has 1 rings (SSSR count). The van der Waals surface area contributed by atoms with Crippen molar-refractivity contribution in [3.8, 4) is 0 Å². The van der Waals surface area contributed by atoms with Crippen LogP contribution in [0.2, 0.25) is 0 Å². The first-order chi connectivity index (χ1) is 6.90. The zero-order valence-electron chi connectivity index (χ0n) is 11.1. The van der Waals surface area contributed by atoms with Crippen LogP contribution in [0.1, 0.15) is 27.7 Å². The highest BCUT2D eigenvalue weighted by Gasteiger charge is 2.25. The van der Waals surface area contributed by atoms with Crippen molar-refractivity contribution in [3.05, 3.63) is 0 Å². The lowest BCUT2D eigenvalue weighted by atomic mass is 10.1. The van der Waals surface area contributed by atoms with Gasteiger partial charge in [0, 0.05) is 31.7 Å². The molecule has 1 heterocycles. The van der Waals surface area contributed by atoms with Crippen LogP contribution < -0.4 is 10.6 Å². The maximum Gasteiger partial charge on any atom is 0.237 e. The molecular weight excluding hydrogens is 261 g/mol. The number of hydrogen-bond donors (Lipinski definition) is 2. The van der Waals surface area contributed by atoms with Gasteiger partial charge in [-0.25, -0.2) is 0 Å². The molecule has 6 heteroatoms. The van der Waals surface area contributed by atoms with Crippen molar-refractivity contribution in [1.29, 1.82) is 0 Å². The molecule has 1 atom stereocenters. The van der Waals surface area contributed by atoms with Gasteiger partial charge in [-0.2, -0.15) is 0 Å². The van der Waals surface area contributed by atoms with Gasteiger partial charge < -0.3 is 10.6 Å². The molecule has 0 spiro atoms. The van der Waals surface area contributed by atoms with Gasteiger partial charge in [-0.3, -0.25) is 9.69 Å². The Bertz CT molecular complexity index is 225. The summed E-state index contributed by atoms with van der Waals surface area (Å²) < 4.78 is 0. The molecule has 0 saturated carbocycles. The first-order valence-electron chi connectivity index (χ1n) is 5.67. The van der Waals surface area contributed by atoms with E-state index in [1.54, 1.807) is 0 Å². The summed E-state index contributed by atoms with van der Waals surface area (Å²) >= 11 is 0. The van der Waals surface area contributed by atoms with Crippen molar-refractivity contribution in [2.75, 3.05) is 26.2 Å². The zero-order valence-corrected chi connectivity index (χ0v) is 12.7. The number of carbonyl (C=O) groups excluding carboxylic acids is 1. The third-order valence-corrected chi connectivity index (χ3v) is 2.58. The Morgan fingerprint density at radius 2 is 1.71 bits per heavy atom. The average Bonchev–Trinajstić information content (AvgIpc) is 2.15. The van der Waals surface area contributed by atoms with Crippen LogP contribution in [-0.2, 0) is 4.79 Å². The number of carbonyl (C=O) groups is 1. The topological polar surface area (TPSA) is 44.4 Å². The van der Waals surface area contributed by atoms with Crippen molar-refractivity contribution in [2.24, 2.45) is 0 Å². The molecule has 0 bridgehead atoms. The van der Waals surface area contributed by atoms with E-state index >= 15 is 0 Å². The molecule has 2 N–H and O–H groups in total. The van der Waals surface area contributed by atoms with E-state index in [9.17, 15) is 4.79 Å². The summed E-state index contributed by atoms with van der Waals surface area (Å²) in [4.78, 5) is 14.1. The van der Waals surface area contributed by atoms with E-state index < -0.39 is 0 Å². The fourth-order valence-electron chi connectivity index (χ4n) is 1.71. The summed E-state index contributed by atoms with van der Waals surface area (Å²) in [5.41, 5.74) is -0.140. The number of piperazine rings is 1. The van der Waals surface area contributed by atoms with Gasteiger partial charge in [0.05, 0.1) is 6.04 Å². The Kier molecular flexibility index (Phi) is 9.25. The van der Waals surface area contributed by atoms with E-state index in [2.05, 4.69) is 15.5 Å². The molecule has 0 aliphatic carbocycles. The van der Waals surface area contributed by atoms with Gasteiger partial charge in [-0.1, -0.05) is 0 Å². The van der Waals surface area contributed by atoms with Crippen molar-refractivity contribution in [1.82, 2.24) is 15.5 Å². The molecule has 0 radical (unpaired) electrons. The molecule has 17 heavy (non-hydrogen) atoms. The highest BCUT2D eigenvalue weighted by Crippen LogP contribution is 2.05. The predicted molar refractivity (Wildman–Crippen MR) is 76.3 cm³/mol. The first kappa shape index (κ1) is 19.3. The molecule has 1 aliphatic rings. The third-order valence-electron chi connectivity index (χ3n) is 2.58. The number of hydrogen-bond acceptors (Lipinski definition) is 3. The van der Waals surface area contributed by atoms with E-state index in [1.807, 2.05) is 27.7 Å². The molecule has 0 aromatic heterocycles. The van der Waals surface area contributed by atoms with Gasteiger partial charge in [-0.05, 0) is 27.7 Å². The van der Waals surface area contributed by atoms with Gasteiger partial charge >= 0.3 is 0 Å². The molecule has 1 aliphatic heterocycles. The van der Waals surface area contributed by atoms with Crippen LogP contribution in [0.15, 0.2) is 0 Å². The van der Waals surface area contributed by atoms with E-state index in [4.69, 9.17) is 0 Å². The smallest absolute Gasteiger partial charge is 0.237 e. The minimum atomic E-state index is -0.140. The molecule has 4 nitrogen and oxygen atoms in total. The molecule has 104 valence electrons. The normalized spacial score (nSPS) is 18.6. The standard InChI is InChI=1S/C11H23N3O.2ClH/c1-9(10(15)13-11(2,3)4)14-7-5-12-6-8-14;;/h9,12H,5-8H2,1-4H3,(H,13,15);2*1H. The Morgan fingerprint density at radius 1 is 1.24 bits per heavy atom. The van der Waals surface area contributed by atoms with Crippen molar-refractivity contribution < 1.29 is 4.79 Å². The molecule has 1 saturated heterocycles. The minimum absolute atomic E-state index is 0. The zero-order chi connectivity index (χ0) is 11.5. The van der Waals surface area contributed by atoms with Gasteiger partial charge in [0.2, 0.25) is 5.91 Å². The van der Waals surface area contributed by atoms with Crippen LogP contribution >= 0.6 is 24.8 Å². The maximum absolute atomic E-state index is 11.9. The third kappa shape index (κ3) is 7.09. The lowest BCUT2D eigenvalue weighted by Gasteiger charge is -2.33. The van der Waals surface area contributed by atoms with Gasteiger partial charge in [0.1, 0.15) is 0 Å². The van der Waals surface area contributed by atoms with E-state index in [0.29, 0.717) is 0 Å². The number of amides is 1. The molecule has 1 unspecified atom stereocenters. The Balaban J connectivity index is 0. The second-order valence-electron chi connectivity index (χ2n) is 5.20. The van der Waals surface area contributed by atoms with Crippen LogP contribution in [0.3, 0.4) is 0 Å². The van der Waals surface area contributed by atoms with Gasteiger partial charge in [0.15, 0.2) is 0 Å². The molecule has 0 aromatic carbocycles.